The van der Waals surface area contributed by atoms with Gasteiger partial charge in [-0.2, -0.15) is 0 Å². The Balaban J connectivity index is 3.93. The summed E-state index contributed by atoms with van der Waals surface area (Å²) in [5.41, 5.74) is 0. The molecule has 3 heteroatoms. The Kier molecular flexibility index (Phi) is 9.97. The van der Waals surface area contributed by atoms with Crippen molar-refractivity contribution in [3.8, 4) is 0 Å². The van der Waals surface area contributed by atoms with E-state index in [0.29, 0.717) is 0 Å². The van der Waals surface area contributed by atoms with Gasteiger partial charge in [-0.15, -0.1) is 0 Å². The third-order valence-corrected chi connectivity index (χ3v) is 10.9. The Morgan fingerprint density at radius 3 is 1.40 bits per heavy atom. The van der Waals surface area contributed by atoms with Crippen molar-refractivity contribution < 1.29 is 7.53 Å². The van der Waals surface area contributed by atoms with Crippen LogP contribution in [-0.2, 0) is 7.53 Å². The van der Waals surface area contributed by atoms with Gasteiger partial charge in [0.15, 0.2) is 0 Å². The fraction of sp³-hybridized carbons (Fsp3) is 1.00. The van der Waals surface area contributed by atoms with Crippen LogP contribution >= 0.6 is 0 Å². The van der Waals surface area contributed by atoms with Crippen LogP contribution < -0.4 is 0 Å². The van der Waals surface area contributed by atoms with E-state index in [2.05, 4.69) is 13.8 Å². The van der Waals surface area contributed by atoms with Crippen molar-refractivity contribution in [1.82, 2.24) is 0 Å². The van der Waals surface area contributed by atoms with Crippen LogP contribution in [0.2, 0.25) is 10.5 Å². The van der Waals surface area contributed by atoms with Gasteiger partial charge in [-0.3, -0.25) is 0 Å². The maximum atomic E-state index is 5.75. The van der Waals surface area contributed by atoms with Crippen molar-refractivity contribution >= 4 is 13.9 Å². The number of hydrogen-bond donors (Lipinski definition) is 0. The second kappa shape index (κ2) is 9.67. The number of unbranched alkanes of at least 4 members (excludes halogenated alkanes) is 4. The maximum absolute atomic E-state index is 5.75. The second-order valence-corrected chi connectivity index (χ2v) is 11.9. The molecule has 0 atom stereocenters. The zero-order chi connectivity index (χ0) is 11.6. The van der Waals surface area contributed by atoms with E-state index in [9.17, 15) is 0 Å². The van der Waals surface area contributed by atoms with Crippen molar-refractivity contribution in [2.24, 2.45) is 0 Å². The molecule has 0 aromatic carbocycles. The SMILES string of the molecule is CCCC[CH2][Ge]([CH2]CCCC)([O]C)[O]C. The molecule has 0 N–H and O–H groups in total. The third kappa shape index (κ3) is 6.59. The van der Waals surface area contributed by atoms with E-state index in [1.807, 2.05) is 14.2 Å². The van der Waals surface area contributed by atoms with Gasteiger partial charge in [0.05, 0.1) is 0 Å². The average Bonchev–Trinajstić information content (AvgIpc) is 2.28. The predicted molar refractivity (Wildman–Crippen MR) is 68.4 cm³/mol. The summed E-state index contributed by atoms with van der Waals surface area (Å²) in [4.78, 5) is 0. The third-order valence-electron chi connectivity index (χ3n) is 3.07. The molecule has 0 aliphatic rings. The monoisotopic (exact) mass is 278 g/mol. The summed E-state index contributed by atoms with van der Waals surface area (Å²) >= 11 is -2.34. The Morgan fingerprint density at radius 2 is 1.13 bits per heavy atom. The van der Waals surface area contributed by atoms with Gasteiger partial charge in [0.25, 0.3) is 0 Å². The molecule has 0 radical (unpaired) electrons. The predicted octanol–water partition coefficient (Wildman–Crippen LogP) is 4.10. The minimum atomic E-state index is -2.34. The topological polar surface area (TPSA) is 18.5 Å². The Labute approximate surface area is 98.8 Å². The van der Waals surface area contributed by atoms with Crippen LogP contribution in [-0.4, -0.2) is 28.2 Å². The summed E-state index contributed by atoms with van der Waals surface area (Å²) in [5.74, 6) is 0. The number of rotatable bonds is 10. The zero-order valence-electron chi connectivity index (χ0n) is 11.0. The molecule has 0 aliphatic heterocycles. The molecule has 2 nitrogen and oxygen atoms in total. The molecule has 92 valence electrons. The van der Waals surface area contributed by atoms with Gasteiger partial charge >= 0.3 is 98.6 Å². The second-order valence-electron chi connectivity index (χ2n) is 4.23. The molecule has 0 aliphatic carbocycles. The first-order chi connectivity index (χ1) is 7.24. The van der Waals surface area contributed by atoms with E-state index >= 15 is 0 Å². The first-order valence-electron chi connectivity index (χ1n) is 6.35. The van der Waals surface area contributed by atoms with Crippen LogP contribution in [0.1, 0.15) is 52.4 Å². The van der Waals surface area contributed by atoms with Gasteiger partial charge in [0.1, 0.15) is 0 Å². The average molecular weight is 277 g/mol. The first kappa shape index (κ1) is 15.5. The zero-order valence-corrected chi connectivity index (χ0v) is 13.1. The van der Waals surface area contributed by atoms with Crippen molar-refractivity contribution in [2.45, 2.75) is 62.9 Å². The molecule has 0 saturated heterocycles. The van der Waals surface area contributed by atoms with Crippen molar-refractivity contribution in [1.29, 1.82) is 0 Å². The summed E-state index contributed by atoms with van der Waals surface area (Å²) in [7, 11) is 3.70. The fourth-order valence-corrected chi connectivity index (χ4v) is 7.80. The van der Waals surface area contributed by atoms with E-state index in [1.165, 1.54) is 49.0 Å². The van der Waals surface area contributed by atoms with E-state index in [1.54, 1.807) is 0 Å². The molecular weight excluding hydrogens is 249 g/mol. The molecule has 15 heavy (non-hydrogen) atoms. The van der Waals surface area contributed by atoms with Crippen LogP contribution in [0.25, 0.3) is 0 Å². The molecule has 0 aromatic rings. The molecule has 0 bridgehead atoms. The van der Waals surface area contributed by atoms with E-state index < -0.39 is 13.9 Å². The molecule has 0 aromatic heterocycles. The summed E-state index contributed by atoms with van der Waals surface area (Å²) in [6, 6.07) is 0. The summed E-state index contributed by atoms with van der Waals surface area (Å²) < 4.78 is 11.5. The summed E-state index contributed by atoms with van der Waals surface area (Å²) in [6.07, 6.45) is 7.75. The summed E-state index contributed by atoms with van der Waals surface area (Å²) in [6.45, 7) is 4.48. The quantitative estimate of drug-likeness (QED) is 0.442. The minimum absolute atomic E-state index is 1.21. The summed E-state index contributed by atoms with van der Waals surface area (Å²) in [5, 5.41) is 2.43. The van der Waals surface area contributed by atoms with Crippen LogP contribution in [0.15, 0.2) is 0 Å². The van der Waals surface area contributed by atoms with Crippen LogP contribution in [0.3, 0.4) is 0 Å². The number of hydrogen-bond acceptors (Lipinski definition) is 2. The van der Waals surface area contributed by atoms with Gasteiger partial charge < -0.3 is 0 Å². The van der Waals surface area contributed by atoms with Gasteiger partial charge in [-0.05, 0) is 0 Å². The first-order valence-corrected chi connectivity index (χ1v) is 11.0. The molecule has 0 spiro atoms. The van der Waals surface area contributed by atoms with Crippen molar-refractivity contribution in [3.05, 3.63) is 0 Å². The van der Waals surface area contributed by atoms with Gasteiger partial charge in [-0.1, -0.05) is 0 Å². The van der Waals surface area contributed by atoms with Crippen molar-refractivity contribution in [3.63, 3.8) is 0 Å². The molecular formula is C12H28GeO2. The Bertz CT molecular complexity index is 124. The van der Waals surface area contributed by atoms with E-state index in [-0.39, 0.29) is 0 Å². The Hall–Kier alpha value is 0.463. The molecule has 0 rings (SSSR count). The van der Waals surface area contributed by atoms with Gasteiger partial charge in [0.2, 0.25) is 0 Å². The fourth-order valence-electron chi connectivity index (χ4n) is 1.91. The van der Waals surface area contributed by atoms with Gasteiger partial charge in [0, 0.05) is 0 Å². The van der Waals surface area contributed by atoms with Crippen LogP contribution in [0, 0.1) is 0 Å². The molecule has 0 fully saturated rings. The molecule has 0 amide bonds. The molecule has 0 unspecified atom stereocenters. The normalized spacial score (nSPS) is 12.0. The van der Waals surface area contributed by atoms with Gasteiger partial charge in [-0.25, -0.2) is 0 Å². The van der Waals surface area contributed by atoms with Crippen LogP contribution in [0.4, 0.5) is 0 Å². The van der Waals surface area contributed by atoms with Crippen LogP contribution in [0.5, 0.6) is 0 Å². The van der Waals surface area contributed by atoms with Crippen molar-refractivity contribution in [2.75, 3.05) is 14.2 Å². The molecule has 0 heterocycles. The standard InChI is InChI=1S/C12H28GeO2/c1-5-7-9-11-13(14-3,15-4)12-10-8-6-2/h5-12H2,1-4H3. The van der Waals surface area contributed by atoms with E-state index in [0.717, 1.165) is 0 Å². The Morgan fingerprint density at radius 1 is 0.733 bits per heavy atom. The molecule has 0 saturated carbocycles. The van der Waals surface area contributed by atoms with E-state index in [4.69, 9.17) is 7.53 Å².